The fraction of sp³-hybridized carbons (Fsp3) is 0.412. The van der Waals surface area contributed by atoms with Crippen LogP contribution in [0.15, 0.2) is 34.5 Å². The number of thioether (sulfide) groups is 1. The maximum atomic E-state index is 12.0. The molecule has 1 aliphatic rings. The van der Waals surface area contributed by atoms with Crippen LogP contribution in [0.3, 0.4) is 0 Å². The van der Waals surface area contributed by atoms with Gasteiger partial charge in [0.1, 0.15) is 0 Å². The molecule has 1 aromatic heterocycles. The van der Waals surface area contributed by atoms with E-state index in [9.17, 15) is 4.79 Å². The van der Waals surface area contributed by atoms with Gasteiger partial charge in [-0.25, -0.2) is 4.98 Å². The van der Waals surface area contributed by atoms with Crippen molar-refractivity contribution in [2.24, 2.45) is 5.92 Å². The third kappa shape index (κ3) is 4.56. The van der Waals surface area contributed by atoms with Crippen molar-refractivity contribution >= 4 is 34.1 Å². The number of hydrogen-bond acceptors (Lipinski definition) is 5. The van der Waals surface area contributed by atoms with Gasteiger partial charge in [0.05, 0.1) is 5.69 Å². The second-order valence-electron chi connectivity index (χ2n) is 5.71. The Kier molecular flexibility index (Phi) is 5.70. The number of carbonyl (C=O) groups excluding carboxylic acids is 1. The summed E-state index contributed by atoms with van der Waals surface area (Å²) in [6.45, 7) is 2.12. The number of hydrogen-bond donors (Lipinski definition) is 2. The fourth-order valence-corrected chi connectivity index (χ4v) is 3.85. The molecule has 1 aliphatic heterocycles. The molecule has 0 saturated carbocycles. The van der Waals surface area contributed by atoms with Gasteiger partial charge in [-0.1, -0.05) is 12.1 Å². The van der Waals surface area contributed by atoms with Crippen molar-refractivity contribution in [1.82, 2.24) is 10.3 Å². The van der Waals surface area contributed by atoms with Crippen molar-refractivity contribution in [2.75, 3.05) is 24.7 Å². The fourth-order valence-electron chi connectivity index (χ4n) is 2.70. The molecule has 122 valence electrons. The van der Waals surface area contributed by atoms with Gasteiger partial charge in [-0.15, -0.1) is 23.1 Å². The van der Waals surface area contributed by atoms with Crippen molar-refractivity contribution < 1.29 is 4.79 Å². The van der Waals surface area contributed by atoms with Crippen LogP contribution in [-0.2, 0) is 4.79 Å². The van der Waals surface area contributed by atoms with E-state index in [0.717, 1.165) is 30.8 Å². The molecular weight excluding hydrogens is 326 g/mol. The lowest BCUT2D eigenvalue weighted by molar-refractivity contribution is -0.116. The Bertz CT molecular complexity index is 648. The molecule has 0 bridgehead atoms. The lowest BCUT2D eigenvalue weighted by Crippen LogP contribution is -2.14. The summed E-state index contributed by atoms with van der Waals surface area (Å²) in [7, 11) is 0. The molecule has 0 spiro atoms. The molecule has 2 N–H and O–H groups in total. The van der Waals surface area contributed by atoms with E-state index in [1.165, 1.54) is 22.7 Å². The normalized spacial score (nSPS) is 17.3. The Balaban J connectivity index is 1.54. The zero-order valence-electron chi connectivity index (χ0n) is 13.2. The zero-order valence-corrected chi connectivity index (χ0v) is 14.8. The average molecular weight is 348 g/mol. The van der Waals surface area contributed by atoms with E-state index in [1.54, 1.807) is 11.8 Å². The van der Waals surface area contributed by atoms with E-state index >= 15 is 0 Å². The topological polar surface area (TPSA) is 54.0 Å². The maximum absolute atomic E-state index is 12.0. The molecule has 0 radical (unpaired) electrons. The highest BCUT2D eigenvalue weighted by Gasteiger charge is 2.16. The molecule has 1 fully saturated rings. The molecule has 4 nitrogen and oxygen atoms in total. The number of aromatic nitrogens is 1. The van der Waals surface area contributed by atoms with Crippen LogP contribution in [0.1, 0.15) is 19.3 Å². The first-order valence-electron chi connectivity index (χ1n) is 7.85. The Hall–Kier alpha value is -1.37. The summed E-state index contributed by atoms with van der Waals surface area (Å²) in [5.74, 6) is 0.707. The van der Waals surface area contributed by atoms with E-state index in [2.05, 4.69) is 46.1 Å². The average Bonchev–Trinajstić information content (AvgIpc) is 3.25. The number of carbonyl (C=O) groups is 1. The van der Waals surface area contributed by atoms with Crippen molar-refractivity contribution in [3.8, 4) is 11.3 Å². The van der Waals surface area contributed by atoms with E-state index in [-0.39, 0.29) is 5.91 Å². The Morgan fingerprint density at radius 2 is 2.26 bits per heavy atom. The summed E-state index contributed by atoms with van der Waals surface area (Å²) in [6.07, 6.45) is 4.77. The van der Waals surface area contributed by atoms with Gasteiger partial charge >= 0.3 is 0 Å². The van der Waals surface area contributed by atoms with Crippen LogP contribution >= 0.6 is 23.1 Å². The van der Waals surface area contributed by atoms with Crippen molar-refractivity contribution in [3.63, 3.8) is 0 Å². The highest BCUT2D eigenvalue weighted by Crippen LogP contribution is 2.27. The van der Waals surface area contributed by atoms with Crippen LogP contribution in [-0.4, -0.2) is 30.2 Å². The van der Waals surface area contributed by atoms with Crippen LogP contribution in [0.25, 0.3) is 11.3 Å². The standard InChI is InChI=1S/C17H21N3OS2/c1-22-14-5-3-13(4-6-14)15-11-23-17(19-15)20-16(21)7-2-12-8-9-18-10-12/h3-6,11-12,18H,2,7-10H2,1H3,(H,19,20,21). The minimum Gasteiger partial charge on any atom is -0.316 e. The molecule has 6 heteroatoms. The van der Waals surface area contributed by atoms with Gasteiger partial charge in [0.15, 0.2) is 5.13 Å². The number of thiazole rings is 1. The van der Waals surface area contributed by atoms with E-state index < -0.39 is 0 Å². The minimum atomic E-state index is 0.0653. The molecule has 1 atom stereocenters. The SMILES string of the molecule is CSc1ccc(-c2csc(NC(=O)CCC3CCNC3)n2)cc1. The first kappa shape index (κ1) is 16.5. The van der Waals surface area contributed by atoms with E-state index in [1.807, 2.05) is 5.38 Å². The van der Waals surface area contributed by atoms with E-state index in [4.69, 9.17) is 0 Å². The van der Waals surface area contributed by atoms with Crippen molar-refractivity contribution in [2.45, 2.75) is 24.2 Å². The Morgan fingerprint density at radius 1 is 1.43 bits per heavy atom. The molecule has 3 rings (SSSR count). The zero-order chi connectivity index (χ0) is 16.1. The van der Waals surface area contributed by atoms with Crippen LogP contribution in [0, 0.1) is 5.92 Å². The second-order valence-corrected chi connectivity index (χ2v) is 7.45. The van der Waals surface area contributed by atoms with Gasteiger partial charge in [-0.05, 0) is 50.2 Å². The molecule has 0 aliphatic carbocycles. The summed E-state index contributed by atoms with van der Waals surface area (Å²) >= 11 is 3.20. The van der Waals surface area contributed by atoms with Gasteiger partial charge in [0.2, 0.25) is 5.91 Å². The molecular formula is C17H21N3OS2. The van der Waals surface area contributed by atoms with Gasteiger partial charge in [0, 0.05) is 22.3 Å². The number of rotatable bonds is 6. The highest BCUT2D eigenvalue weighted by molar-refractivity contribution is 7.98. The van der Waals surface area contributed by atoms with Crippen LogP contribution in [0.2, 0.25) is 0 Å². The van der Waals surface area contributed by atoms with Crippen molar-refractivity contribution in [1.29, 1.82) is 0 Å². The molecule has 1 unspecified atom stereocenters. The Morgan fingerprint density at radius 3 is 2.96 bits per heavy atom. The largest absolute Gasteiger partial charge is 0.316 e. The number of anilines is 1. The predicted octanol–water partition coefficient (Wildman–Crippen LogP) is 3.86. The molecule has 23 heavy (non-hydrogen) atoms. The van der Waals surface area contributed by atoms with Gasteiger partial charge in [0.25, 0.3) is 0 Å². The molecule has 1 saturated heterocycles. The second kappa shape index (κ2) is 7.95. The minimum absolute atomic E-state index is 0.0653. The highest BCUT2D eigenvalue weighted by atomic mass is 32.2. The summed E-state index contributed by atoms with van der Waals surface area (Å²) in [6, 6.07) is 8.32. The van der Waals surface area contributed by atoms with E-state index in [0.29, 0.717) is 17.5 Å². The molecule has 1 amide bonds. The number of nitrogens with one attached hydrogen (secondary N) is 2. The first-order valence-corrected chi connectivity index (χ1v) is 9.95. The lowest BCUT2D eigenvalue weighted by Gasteiger charge is -2.07. The van der Waals surface area contributed by atoms with Crippen LogP contribution in [0.4, 0.5) is 5.13 Å². The molecule has 2 heterocycles. The third-order valence-electron chi connectivity index (χ3n) is 4.08. The summed E-state index contributed by atoms with van der Waals surface area (Å²) in [5.41, 5.74) is 1.99. The van der Waals surface area contributed by atoms with Gasteiger partial charge in [-0.3, -0.25) is 4.79 Å². The smallest absolute Gasteiger partial charge is 0.226 e. The van der Waals surface area contributed by atoms with Crippen LogP contribution < -0.4 is 10.6 Å². The van der Waals surface area contributed by atoms with Gasteiger partial charge in [-0.2, -0.15) is 0 Å². The first-order chi connectivity index (χ1) is 11.2. The third-order valence-corrected chi connectivity index (χ3v) is 5.58. The van der Waals surface area contributed by atoms with Crippen molar-refractivity contribution in [3.05, 3.63) is 29.6 Å². The number of benzene rings is 1. The lowest BCUT2D eigenvalue weighted by atomic mass is 10.0. The quantitative estimate of drug-likeness (QED) is 0.779. The van der Waals surface area contributed by atoms with Crippen LogP contribution in [0.5, 0.6) is 0 Å². The van der Waals surface area contributed by atoms with Gasteiger partial charge < -0.3 is 10.6 Å². The maximum Gasteiger partial charge on any atom is 0.226 e. The summed E-state index contributed by atoms with van der Waals surface area (Å²) in [4.78, 5) is 17.8. The Labute approximate surface area is 145 Å². The number of amides is 1. The molecule has 1 aromatic carbocycles. The monoisotopic (exact) mass is 347 g/mol. The summed E-state index contributed by atoms with van der Waals surface area (Å²) in [5, 5.41) is 8.93. The predicted molar refractivity (Wildman–Crippen MR) is 98.2 cm³/mol. The summed E-state index contributed by atoms with van der Waals surface area (Å²) < 4.78 is 0. The molecule has 2 aromatic rings. The number of nitrogens with zero attached hydrogens (tertiary/aromatic N) is 1.